The average Bonchev–Trinajstić information content (AvgIpc) is 3.09. The first-order valence-electron chi connectivity index (χ1n) is 5.28. The van der Waals surface area contributed by atoms with Gasteiger partial charge in [-0.1, -0.05) is 36.4 Å². The third-order valence-electron chi connectivity index (χ3n) is 2.48. The summed E-state index contributed by atoms with van der Waals surface area (Å²) in [6, 6.07) is 10.2. The molecule has 0 aromatic heterocycles. The van der Waals surface area contributed by atoms with Crippen LogP contribution in [0.5, 0.6) is 0 Å². The van der Waals surface area contributed by atoms with Crippen molar-refractivity contribution in [3.05, 3.63) is 48.6 Å². The molecule has 2 rings (SSSR count). The predicted molar refractivity (Wildman–Crippen MR) is 59.6 cm³/mol. The third-order valence-corrected chi connectivity index (χ3v) is 2.48. The summed E-state index contributed by atoms with van der Waals surface area (Å²) in [5.41, 5.74) is 1.20. The zero-order valence-electron chi connectivity index (χ0n) is 8.76. The number of rotatable bonds is 6. The minimum Gasteiger partial charge on any atom is -0.370 e. The van der Waals surface area contributed by atoms with Crippen molar-refractivity contribution in [2.75, 3.05) is 6.61 Å². The molecular weight excluding hydrogens is 188 g/mol. The van der Waals surface area contributed by atoms with Crippen molar-refractivity contribution in [3.63, 3.8) is 0 Å². The highest BCUT2D eigenvalue weighted by atomic mass is 16.6. The van der Waals surface area contributed by atoms with E-state index in [1.165, 1.54) is 5.56 Å². The van der Waals surface area contributed by atoms with Crippen LogP contribution in [0, 0.1) is 0 Å². The van der Waals surface area contributed by atoms with E-state index in [1.807, 2.05) is 24.3 Å². The summed E-state index contributed by atoms with van der Waals surface area (Å²) in [5.74, 6) is 0. The molecule has 1 aromatic rings. The van der Waals surface area contributed by atoms with Crippen LogP contribution in [0.3, 0.4) is 0 Å². The molecule has 1 heterocycles. The summed E-state index contributed by atoms with van der Waals surface area (Å²) in [7, 11) is 0. The molecule has 0 amide bonds. The number of hydrogen-bond donors (Lipinski definition) is 0. The Balaban J connectivity index is 1.82. The normalized spacial score (nSPS) is 20.9. The van der Waals surface area contributed by atoms with E-state index < -0.39 is 0 Å². The standard InChI is InChI=1S/C13H16O2/c1-2-6-12(13-10-15-13)14-9-11-7-4-3-5-8-11/h2-5,7-8,12-13H,1,6,9-10H2/t12-,13+/m0/s1. The Hall–Kier alpha value is -1.12. The molecule has 1 aliphatic heterocycles. The molecule has 0 spiro atoms. The quantitative estimate of drug-likeness (QED) is 0.524. The van der Waals surface area contributed by atoms with Crippen molar-refractivity contribution in [2.24, 2.45) is 0 Å². The summed E-state index contributed by atoms with van der Waals surface area (Å²) >= 11 is 0. The molecule has 0 N–H and O–H groups in total. The largest absolute Gasteiger partial charge is 0.370 e. The highest BCUT2D eigenvalue weighted by molar-refractivity contribution is 5.13. The van der Waals surface area contributed by atoms with Gasteiger partial charge in [-0.2, -0.15) is 0 Å². The summed E-state index contributed by atoms with van der Waals surface area (Å²) < 4.78 is 11.0. The molecule has 0 saturated carbocycles. The number of ether oxygens (including phenoxy) is 2. The molecule has 0 radical (unpaired) electrons. The maximum absolute atomic E-state index is 5.80. The fourth-order valence-corrected chi connectivity index (χ4v) is 1.54. The van der Waals surface area contributed by atoms with Gasteiger partial charge in [-0.15, -0.1) is 6.58 Å². The van der Waals surface area contributed by atoms with Gasteiger partial charge in [0.1, 0.15) is 6.10 Å². The molecule has 0 bridgehead atoms. The van der Waals surface area contributed by atoms with Gasteiger partial charge < -0.3 is 9.47 Å². The molecule has 1 fully saturated rings. The molecule has 1 aromatic carbocycles. The molecular formula is C13H16O2. The Morgan fingerprint density at radius 3 is 2.80 bits per heavy atom. The molecule has 1 saturated heterocycles. The van der Waals surface area contributed by atoms with Crippen molar-refractivity contribution < 1.29 is 9.47 Å². The van der Waals surface area contributed by atoms with Crippen molar-refractivity contribution in [3.8, 4) is 0 Å². The molecule has 80 valence electrons. The monoisotopic (exact) mass is 204 g/mol. The van der Waals surface area contributed by atoms with Crippen LogP contribution in [0.15, 0.2) is 43.0 Å². The minimum absolute atomic E-state index is 0.169. The van der Waals surface area contributed by atoms with Crippen molar-refractivity contribution >= 4 is 0 Å². The molecule has 0 aliphatic carbocycles. The molecule has 0 unspecified atom stereocenters. The first-order valence-corrected chi connectivity index (χ1v) is 5.28. The maximum Gasteiger partial charge on any atom is 0.107 e. The fourth-order valence-electron chi connectivity index (χ4n) is 1.54. The van der Waals surface area contributed by atoms with Gasteiger partial charge in [0.2, 0.25) is 0 Å². The van der Waals surface area contributed by atoms with Gasteiger partial charge in [0.25, 0.3) is 0 Å². The van der Waals surface area contributed by atoms with Crippen LogP contribution in [0.1, 0.15) is 12.0 Å². The van der Waals surface area contributed by atoms with Gasteiger partial charge in [0.15, 0.2) is 0 Å². The van der Waals surface area contributed by atoms with E-state index in [-0.39, 0.29) is 12.2 Å². The molecule has 2 heteroatoms. The lowest BCUT2D eigenvalue weighted by molar-refractivity contribution is 0.0238. The second-order valence-electron chi connectivity index (χ2n) is 3.73. The van der Waals surface area contributed by atoms with E-state index in [9.17, 15) is 0 Å². The molecule has 2 nitrogen and oxygen atoms in total. The Morgan fingerprint density at radius 2 is 2.20 bits per heavy atom. The van der Waals surface area contributed by atoms with Crippen molar-refractivity contribution in [1.82, 2.24) is 0 Å². The number of epoxide rings is 1. The second kappa shape index (κ2) is 5.10. The van der Waals surface area contributed by atoms with E-state index in [1.54, 1.807) is 0 Å². The van der Waals surface area contributed by atoms with Crippen molar-refractivity contribution in [1.29, 1.82) is 0 Å². The Bertz CT molecular complexity index is 304. The van der Waals surface area contributed by atoms with Gasteiger partial charge in [0, 0.05) is 0 Å². The Morgan fingerprint density at radius 1 is 1.47 bits per heavy atom. The minimum atomic E-state index is 0.169. The number of hydrogen-bond acceptors (Lipinski definition) is 2. The summed E-state index contributed by atoms with van der Waals surface area (Å²) in [6.07, 6.45) is 3.20. The van der Waals surface area contributed by atoms with Gasteiger partial charge in [-0.25, -0.2) is 0 Å². The lowest BCUT2D eigenvalue weighted by Gasteiger charge is -2.13. The lowest BCUT2D eigenvalue weighted by Crippen LogP contribution is -2.18. The summed E-state index contributed by atoms with van der Waals surface area (Å²) in [5, 5.41) is 0. The van der Waals surface area contributed by atoms with Crippen LogP contribution in [-0.2, 0) is 16.1 Å². The highest BCUT2D eigenvalue weighted by Crippen LogP contribution is 2.21. The van der Waals surface area contributed by atoms with E-state index in [0.717, 1.165) is 13.0 Å². The maximum atomic E-state index is 5.80. The molecule has 1 aliphatic rings. The van der Waals surface area contributed by atoms with Crippen LogP contribution in [0.4, 0.5) is 0 Å². The van der Waals surface area contributed by atoms with E-state index in [0.29, 0.717) is 6.61 Å². The zero-order valence-corrected chi connectivity index (χ0v) is 8.76. The van der Waals surface area contributed by atoms with Crippen LogP contribution >= 0.6 is 0 Å². The van der Waals surface area contributed by atoms with E-state index in [4.69, 9.17) is 9.47 Å². The summed E-state index contributed by atoms with van der Waals surface area (Å²) in [6.45, 7) is 5.21. The Kier molecular flexibility index (Phi) is 3.54. The SMILES string of the molecule is C=CC[C@H](OCc1ccccc1)[C@H]1CO1. The fraction of sp³-hybridized carbons (Fsp3) is 0.385. The van der Waals surface area contributed by atoms with Crippen LogP contribution in [0.2, 0.25) is 0 Å². The Labute approximate surface area is 90.5 Å². The van der Waals surface area contributed by atoms with E-state index in [2.05, 4.69) is 18.7 Å². The predicted octanol–water partition coefficient (Wildman–Crippen LogP) is 2.55. The first kappa shape index (κ1) is 10.4. The van der Waals surface area contributed by atoms with Gasteiger partial charge >= 0.3 is 0 Å². The second-order valence-corrected chi connectivity index (χ2v) is 3.73. The van der Waals surface area contributed by atoms with Gasteiger partial charge in [-0.3, -0.25) is 0 Å². The van der Waals surface area contributed by atoms with Gasteiger partial charge in [-0.05, 0) is 12.0 Å². The van der Waals surface area contributed by atoms with Gasteiger partial charge in [0.05, 0.1) is 19.3 Å². The van der Waals surface area contributed by atoms with E-state index >= 15 is 0 Å². The summed E-state index contributed by atoms with van der Waals surface area (Å²) in [4.78, 5) is 0. The topological polar surface area (TPSA) is 21.8 Å². The average molecular weight is 204 g/mol. The van der Waals surface area contributed by atoms with Crippen LogP contribution in [0.25, 0.3) is 0 Å². The lowest BCUT2D eigenvalue weighted by atomic mass is 10.2. The van der Waals surface area contributed by atoms with Crippen LogP contribution in [-0.4, -0.2) is 18.8 Å². The molecule has 15 heavy (non-hydrogen) atoms. The van der Waals surface area contributed by atoms with Crippen LogP contribution < -0.4 is 0 Å². The highest BCUT2D eigenvalue weighted by Gasteiger charge is 2.32. The first-order chi connectivity index (χ1) is 7.40. The smallest absolute Gasteiger partial charge is 0.107 e. The zero-order chi connectivity index (χ0) is 10.5. The number of benzene rings is 1. The third kappa shape index (κ3) is 3.18. The molecule has 2 atom stereocenters. The van der Waals surface area contributed by atoms with Crippen molar-refractivity contribution in [2.45, 2.75) is 25.2 Å².